The van der Waals surface area contributed by atoms with E-state index in [4.69, 9.17) is 23.2 Å². The molecule has 0 bridgehead atoms. The Balaban J connectivity index is 2.48. The fraction of sp³-hybridized carbons (Fsp3) is 0.391. The predicted molar refractivity (Wildman–Crippen MR) is 133 cm³/mol. The van der Waals surface area contributed by atoms with E-state index in [-0.39, 0.29) is 22.3 Å². The molecule has 0 aliphatic carbocycles. The summed E-state index contributed by atoms with van der Waals surface area (Å²) in [5.41, 5.74) is -0.458. The van der Waals surface area contributed by atoms with Crippen LogP contribution in [0.3, 0.4) is 0 Å². The number of sulfonamides is 1. The summed E-state index contributed by atoms with van der Waals surface area (Å²) in [7, 11) is -4.04. The average Bonchev–Trinajstić information content (AvgIpc) is 2.70. The van der Waals surface area contributed by atoms with Crippen molar-refractivity contribution in [3.05, 3.63) is 63.9 Å². The van der Waals surface area contributed by atoms with E-state index in [0.717, 1.165) is 12.3 Å². The second kappa shape index (κ2) is 10.9. The SMILES string of the molecule is CC(C(=O)NC(C)(C)C)N(Cc1c(Cl)cccc1Cl)C(=O)CN(c1ccccc1F)S(C)(=O)=O. The van der Waals surface area contributed by atoms with Crippen molar-refractivity contribution in [3.8, 4) is 0 Å². The van der Waals surface area contributed by atoms with Gasteiger partial charge in [0, 0.05) is 27.7 Å². The maximum absolute atomic E-state index is 14.4. The summed E-state index contributed by atoms with van der Waals surface area (Å²) in [6, 6.07) is 9.03. The average molecular weight is 532 g/mol. The maximum Gasteiger partial charge on any atom is 0.244 e. The van der Waals surface area contributed by atoms with Crippen LogP contribution in [-0.4, -0.2) is 49.5 Å². The van der Waals surface area contributed by atoms with Crippen LogP contribution in [0.1, 0.15) is 33.3 Å². The van der Waals surface area contributed by atoms with E-state index in [9.17, 15) is 22.4 Å². The molecule has 0 saturated carbocycles. The second-order valence-electron chi connectivity index (χ2n) is 8.86. The third-order valence-electron chi connectivity index (χ3n) is 4.86. The summed E-state index contributed by atoms with van der Waals surface area (Å²) < 4.78 is 40.0. The van der Waals surface area contributed by atoms with Crippen LogP contribution in [0.25, 0.3) is 0 Å². The molecule has 34 heavy (non-hydrogen) atoms. The fourth-order valence-electron chi connectivity index (χ4n) is 3.16. The summed E-state index contributed by atoms with van der Waals surface area (Å²) in [6.45, 7) is 5.99. The smallest absolute Gasteiger partial charge is 0.244 e. The van der Waals surface area contributed by atoms with Crippen molar-refractivity contribution < 1.29 is 22.4 Å². The number of carbonyl (C=O) groups is 2. The Hall–Kier alpha value is -2.36. The summed E-state index contributed by atoms with van der Waals surface area (Å²) in [6.07, 6.45) is 0.873. The highest BCUT2D eigenvalue weighted by Crippen LogP contribution is 2.27. The molecule has 0 aliphatic rings. The lowest BCUT2D eigenvalue weighted by Gasteiger charge is -2.33. The van der Waals surface area contributed by atoms with Crippen LogP contribution in [0, 0.1) is 5.82 Å². The lowest BCUT2D eigenvalue weighted by atomic mass is 10.1. The third-order valence-corrected chi connectivity index (χ3v) is 6.69. The standard InChI is InChI=1S/C23H28Cl2FN3O4S/c1-15(22(31)27-23(2,3)4)28(13-16-17(24)9-8-10-18(16)25)21(30)14-29(34(5,32)33)20-12-7-6-11-19(20)26/h6-12,15H,13-14H2,1-5H3,(H,27,31). The Kier molecular flexibility index (Phi) is 8.96. The minimum absolute atomic E-state index is 0.162. The molecule has 7 nitrogen and oxygen atoms in total. The van der Waals surface area contributed by atoms with Crippen molar-refractivity contribution in [2.24, 2.45) is 0 Å². The quantitative estimate of drug-likeness (QED) is 0.552. The Morgan fingerprint density at radius 2 is 1.62 bits per heavy atom. The fourth-order valence-corrected chi connectivity index (χ4v) is 4.53. The van der Waals surface area contributed by atoms with Crippen LogP contribution in [0.5, 0.6) is 0 Å². The van der Waals surface area contributed by atoms with Crippen LogP contribution < -0.4 is 9.62 Å². The van der Waals surface area contributed by atoms with Crippen LogP contribution in [0.2, 0.25) is 10.0 Å². The number of rotatable bonds is 8. The van der Waals surface area contributed by atoms with Gasteiger partial charge in [-0.15, -0.1) is 0 Å². The van der Waals surface area contributed by atoms with Crippen LogP contribution >= 0.6 is 23.2 Å². The van der Waals surface area contributed by atoms with E-state index in [1.807, 2.05) is 0 Å². The maximum atomic E-state index is 14.4. The van der Waals surface area contributed by atoms with Crippen molar-refractivity contribution in [1.82, 2.24) is 10.2 Å². The van der Waals surface area contributed by atoms with Gasteiger partial charge in [-0.1, -0.05) is 41.4 Å². The highest BCUT2D eigenvalue weighted by Gasteiger charge is 2.32. The molecule has 186 valence electrons. The number of para-hydroxylation sites is 1. The zero-order valence-electron chi connectivity index (χ0n) is 19.6. The molecule has 0 aliphatic heterocycles. The summed E-state index contributed by atoms with van der Waals surface area (Å²) >= 11 is 12.6. The molecule has 0 radical (unpaired) electrons. The van der Waals surface area contributed by atoms with E-state index in [0.29, 0.717) is 9.87 Å². The molecule has 0 saturated heterocycles. The first-order chi connectivity index (χ1) is 15.6. The zero-order valence-corrected chi connectivity index (χ0v) is 21.9. The minimum Gasteiger partial charge on any atom is -0.350 e. The Morgan fingerprint density at radius 1 is 1.06 bits per heavy atom. The number of nitrogens with zero attached hydrogens (tertiary/aromatic N) is 2. The Labute approximate surface area is 209 Å². The van der Waals surface area contributed by atoms with Crippen molar-refractivity contribution in [1.29, 1.82) is 0 Å². The van der Waals surface area contributed by atoms with Crippen molar-refractivity contribution in [3.63, 3.8) is 0 Å². The minimum atomic E-state index is -4.04. The zero-order chi connectivity index (χ0) is 25.8. The topological polar surface area (TPSA) is 86.8 Å². The van der Waals surface area contributed by atoms with Gasteiger partial charge >= 0.3 is 0 Å². The monoisotopic (exact) mass is 531 g/mol. The van der Waals surface area contributed by atoms with Crippen LogP contribution in [-0.2, 0) is 26.2 Å². The molecule has 2 rings (SSSR count). The molecule has 0 fully saturated rings. The molecule has 0 heterocycles. The first-order valence-electron chi connectivity index (χ1n) is 10.4. The molecule has 0 aromatic heterocycles. The highest BCUT2D eigenvalue weighted by molar-refractivity contribution is 7.92. The number of amides is 2. The number of carbonyl (C=O) groups excluding carboxylic acids is 2. The first kappa shape index (κ1) is 27.9. The third kappa shape index (κ3) is 7.32. The summed E-state index contributed by atoms with van der Waals surface area (Å²) in [5.74, 6) is -2.00. The number of benzene rings is 2. The molecule has 2 amide bonds. The van der Waals surface area contributed by atoms with Crippen molar-refractivity contribution >= 4 is 50.7 Å². The Morgan fingerprint density at radius 3 is 2.12 bits per heavy atom. The molecule has 2 aromatic carbocycles. The van der Waals surface area contributed by atoms with Crippen LogP contribution in [0.15, 0.2) is 42.5 Å². The van der Waals surface area contributed by atoms with Crippen molar-refractivity contribution in [2.45, 2.75) is 45.8 Å². The molecule has 1 unspecified atom stereocenters. The van der Waals surface area contributed by atoms with Gasteiger partial charge in [0.25, 0.3) is 0 Å². The number of halogens is 3. The van der Waals surface area contributed by atoms with Gasteiger partial charge < -0.3 is 10.2 Å². The van der Waals surface area contributed by atoms with E-state index >= 15 is 0 Å². The van der Waals surface area contributed by atoms with E-state index in [1.165, 1.54) is 30.0 Å². The largest absolute Gasteiger partial charge is 0.350 e. The lowest BCUT2D eigenvalue weighted by molar-refractivity contribution is -0.140. The molecular formula is C23H28Cl2FN3O4S. The normalized spacial score (nSPS) is 12.7. The van der Waals surface area contributed by atoms with Crippen LogP contribution in [0.4, 0.5) is 10.1 Å². The number of anilines is 1. The van der Waals surface area contributed by atoms with Crippen molar-refractivity contribution in [2.75, 3.05) is 17.1 Å². The predicted octanol–water partition coefficient (Wildman–Crippen LogP) is 4.23. The molecule has 0 spiro atoms. The molecule has 2 aromatic rings. The molecule has 11 heteroatoms. The highest BCUT2D eigenvalue weighted by atomic mass is 35.5. The van der Waals surface area contributed by atoms with Gasteiger partial charge in [-0.3, -0.25) is 13.9 Å². The van der Waals surface area contributed by atoms with E-state index in [1.54, 1.807) is 39.0 Å². The van der Waals surface area contributed by atoms with Gasteiger partial charge in [0.05, 0.1) is 11.9 Å². The lowest BCUT2D eigenvalue weighted by Crippen LogP contribution is -2.54. The van der Waals surface area contributed by atoms with Gasteiger partial charge in [-0.25, -0.2) is 12.8 Å². The summed E-state index contributed by atoms with van der Waals surface area (Å²) in [5, 5.41) is 3.36. The van der Waals surface area contributed by atoms with E-state index < -0.39 is 45.8 Å². The van der Waals surface area contributed by atoms with Gasteiger partial charge in [0.15, 0.2) is 0 Å². The number of nitrogens with one attached hydrogen (secondary N) is 1. The van der Waals surface area contributed by atoms with Gasteiger partial charge in [0.2, 0.25) is 21.8 Å². The number of hydrogen-bond acceptors (Lipinski definition) is 4. The van der Waals surface area contributed by atoms with E-state index in [2.05, 4.69) is 5.32 Å². The molecule has 1 atom stereocenters. The Bertz CT molecular complexity index is 1150. The van der Waals surface area contributed by atoms with Gasteiger partial charge in [-0.2, -0.15) is 0 Å². The number of hydrogen-bond donors (Lipinski definition) is 1. The molecule has 1 N–H and O–H groups in total. The van der Waals surface area contributed by atoms with Gasteiger partial charge in [-0.05, 0) is 52.0 Å². The second-order valence-corrected chi connectivity index (χ2v) is 11.6. The molecular weight excluding hydrogens is 504 g/mol. The van der Waals surface area contributed by atoms with Gasteiger partial charge in [0.1, 0.15) is 18.4 Å². The first-order valence-corrected chi connectivity index (χ1v) is 13.0. The summed E-state index contributed by atoms with van der Waals surface area (Å²) in [4.78, 5) is 27.5.